The van der Waals surface area contributed by atoms with E-state index < -0.39 is 0 Å². The Morgan fingerprint density at radius 3 is 2.69 bits per heavy atom. The summed E-state index contributed by atoms with van der Waals surface area (Å²) in [6.45, 7) is 5.12. The van der Waals surface area contributed by atoms with Crippen LogP contribution in [0.1, 0.15) is 46.9 Å². The summed E-state index contributed by atoms with van der Waals surface area (Å²) in [5, 5.41) is 3.42. The van der Waals surface area contributed by atoms with Crippen LogP contribution in [0.4, 0.5) is 5.69 Å². The fourth-order valence-corrected chi connectivity index (χ4v) is 4.31. The van der Waals surface area contributed by atoms with Gasteiger partial charge in [0.25, 0.3) is 5.91 Å². The molecule has 7 heteroatoms. The van der Waals surface area contributed by atoms with Crippen molar-refractivity contribution in [3.05, 3.63) is 57.9 Å². The molecule has 6 nitrogen and oxygen atoms in total. The van der Waals surface area contributed by atoms with Gasteiger partial charge in [0.15, 0.2) is 0 Å². The molecule has 2 amide bonds. The molecule has 0 radical (unpaired) electrons. The number of pyridine rings is 1. The van der Waals surface area contributed by atoms with Crippen LogP contribution in [0.3, 0.4) is 0 Å². The summed E-state index contributed by atoms with van der Waals surface area (Å²) in [7, 11) is 0. The van der Waals surface area contributed by atoms with Crippen molar-refractivity contribution in [2.45, 2.75) is 39.3 Å². The first-order chi connectivity index (χ1) is 14.0. The average Bonchev–Trinajstić information content (AvgIpc) is 3.25. The van der Waals surface area contributed by atoms with Crippen LogP contribution in [0, 0.1) is 0 Å². The van der Waals surface area contributed by atoms with Crippen molar-refractivity contribution < 1.29 is 9.59 Å². The Kier molecular flexibility index (Phi) is 5.72. The molecule has 2 aliphatic heterocycles. The standard InChI is InChI=1S/C22H25ClN4O2/c1-15(28)24-12-16-10-18-14-27(9-6-20(18)25-13-16)22(29)17-4-5-21(19(23)11-17)26-7-2-3-8-26/h4-5,10-11,13H,2-3,6-9,12,14H2,1H3,(H,24,28). The van der Waals surface area contributed by atoms with E-state index in [0.717, 1.165) is 42.0 Å². The first kappa shape index (κ1) is 19.7. The van der Waals surface area contributed by atoms with Crippen LogP contribution < -0.4 is 10.2 Å². The van der Waals surface area contributed by atoms with Gasteiger partial charge in [0, 0.05) is 63.5 Å². The van der Waals surface area contributed by atoms with E-state index in [1.54, 1.807) is 12.3 Å². The second-order valence-electron chi connectivity index (χ2n) is 7.70. The lowest BCUT2D eigenvalue weighted by molar-refractivity contribution is -0.119. The number of hydrogen-bond acceptors (Lipinski definition) is 4. The van der Waals surface area contributed by atoms with E-state index in [1.165, 1.54) is 19.8 Å². The maximum atomic E-state index is 13.1. The molecule has 2 aromatic rings. The number of benzene rings is 1. The van der Waals surface area contributed by atoms with Gasteiger partial charge in [-0.3, -0.25) is 14.6 Å². The predicted molar refractivity (Wildman–Crippen MR) is 113 cm³/mol. The maximum absolute atomic E-state index is 13.1. The molecule has 1 aromatic heterocycles. The second kappa shape index (κ2) is 8.41. The molecule has 0 spiro atoms. The van der Waals surface area contributed by atoms with Crippen LogP contribution in [0.15, 0.2) is 30.5 Å². The predicted octanol–water partition coefficient (Wildman–Crippen LogP) is 3.17. The van der Waals surface area contributed by atoms with Crippen LogP contribution in [0.5, 0.6) is 0 Å². The Morgan fingerprint density at radius 1 is 1.17 bits per heavy atom. The smallest absolute Gasteiger partial charge is 0.254 e. The molecule has 4 rings (SSSR count). The van der Waals surface area contributed by atoms with Gasteiger partial charge >= 0.3 is 0 Å². The summed E-state index contributed by atoms with van der Waals surface area (Å²) in [4.78, 5) is 32.8. The molecule has 1 fully saturated rings. The minimum atomic E-state index is -0.0752. The summed E-state index contributed by atoms with van der Waals surface area (Å²) in [5.41, 5.74) is 4.61. The normalized spacial score (nSPS) is 15.9. The molecule has 0 aliphatic carbocycles. The van der Waals surface area contributed by atoms with Crippen LogP contribution >= 0.6 is 11.6 Å². The fraction of sp³-hybridized carbons (Fsp3) is 0.409. The Morgan fingerprint density at radius 2 is 1.97 bits per heavy atom. The molecule has 1 N–H and O–H groups in total. The Labute approximate surface area is 175 Å². The number of nitrogens with zero attached hydrogens (tertiary/aromatic N) is 3. The molecule has 0 bridgehead atoms. The molecular formula is C22H25ClN4O2. The van der Waals surface area contributed by atoms with Gasteiger partial charge in [-0.15, -0.1) is 0 Å². The van der Waals surface area contributed by atoms with Gasteiger partial charge in [0.1, 0.15) is 0 Å². The molecule has 3 heterocycles. The van der Waals surface area contributed by atoms with E-state index in [1.807, 2.05) is 23.1 Å². The molecule has 0 atom stereocenters. The van der Waals surface area contributed by atoms with Crippen LogP contribution in [0.2, 0.25) is 5.02 Å². The number of carbonyl (C=O) groups is 2. The van der Waals surface area contributed by atoms with Gasteiger partial charge in [-0.05, 0) is 48.2 Å². The molecule has 1 aromatic carbocycles. The second-order valence-corrected chi connectivity index (χ2v) is 8.10. The highest BCUT2D eigenvalue weighted by Gasteiger charge is 2.24. The lowest BCUT2D eigenvalue weighted by Crippen LogP contribution is -2.36. The van der Waals surface area contributed by atoms with E-state index in [-0.39, 0.29) is 11.8 Å². The van der Waals surface area contributed by atoms with Gasteiger partial charge in [0.2, 0.25) is 5.91 Å². The zero-order valence-corrected chi connectivity index (χ0v) is 17.3. The average molecular weight is 413 g/mol. The molecule has 1 saturated heterocycles. The molecule has 152 valence electrons. The largest absolute Gasteiger partial charge is 0.370 e. The SMILES string of the molecule is CC(=O)NCc1cnc2c(c1)CN(C(=O)c1ccc(N3CCCC3)c(Cl)c1)CC2. The number of amides is 2. The van der Waals surface area contributed by atoms with E-state index in [4.69, 9.17) is 11.6 Å². The summed E-state index contributed by atoms with van der Waals surface area (Å²) in [5.74, 6) is -0.0911. The number of rotatable bonds is 4. The summed E-state index contributed by atoms with van der Waals surface area (Å²) < 4.78 is 0. The lowest BCUT2D eigenvalue weighted by Gasteiger charge is -2.29. The van der Waals surface area contributed by atoms with Gasteiger partial charge < -0.3 is 15.1 Å². The maximum Gasteiger partial charge on any atom is 0.254 e. The number of fused-ring (bicyclic) bond motifs is 1. The zero-order chi connectivity index (χ0) is 20.4. The highest BCUT2D eigenvalue weighted by atomic mass is 35.5. The first-order valence-corrected chi connectivity index (χ1v) is 10.4. The van der Waals surface area contributed by atoms with Crippen molar-refractivity contribution in [2.24, 2.45) is 0 Å². The number of nitrogens with one attached hydrogen (secondary N) is 1. The van der Waals surface area contributed by atoms with Crippen LogP contribution in [-0.4, -0.2) is 41.3 Å². The van der Waals surface area contributed by atoms with E-state index >= 15 is 0 Å². The summed E-state index contributed by atoms with van der Waals surface area (Å²) in [6, 6.07) is 7.66. The number of anilines is 1. The number of hydrogen-bond donors (Lipinski definition) is 1. The number of carbonyl (C=O) groups excluding carboxylic acids is 2. The highest BCUT2D eigenvalue weighted by Crippen LogP contribution is 2.30. The Balaban J connectivity index is 1.48. The first-order valence-electron chi connectivity index (χ1n) is 10.1. The van der Waals surface area contributed by atoms with E-state index in [9.17, 15) is 9.59 Å². The Hall–Kier alpha value is -2.60. The third-order valence-corrected chi connectivity index (χ3v) is 5.87. The van der Waals surface area contributed by atoms with Crippen molar-refractivity contribution in [3.63, 3.8) is 0 Å². The van der Waals surface area contributed by atoms with Crippen molar-refractivity contribution in [3.8, 4) is 0 Å². The van der Waals surface area contributed by atoms with Gasteiger partial charge in [-0.1, -0.05) is 11.6 Å². The third kappa shape index (κ3) is 4.37. The molecule has 2 aliphatic rings. The molecule has 29 heavy (non-hydrogen) atoms. The van der Waals surface area contributed by atoms with Crippen molar-refractivity contribution in [1.29, 1.82) is 0 Å². The Bertz CT molecular complexity index is 940. The van der Waals surface area contributed by atoms with Gasteiger partial charge in [-0.2, -0.15) is 0 Å². The van der Waals surface area contributed by atoms with Crippen LogP contribution in [0.25, 0.3) is 0 Å². The number of halogens is 1. The van der Waals surface area contributed by atoms with Crippen molar-refractivity contribution >= 4 is 29.1 Å². The minimum Gasteiger partial charge on any atom is -0.370 e. The summed E-state index contributed by atoms with van der Waals surface area (Å²) >= 11 is 6.50. The van der Waals surface area contributed by atoms with Crippen LogP contribution in [-0.2, 0) is 24.3 Å². The van der Waals surface area contributed by atoms with Crippen molar-refractivity contribution in [1.82, 2.24) is 15.2 Å². The monoisotopic (exact) mass is 412 g/mol. The molecular weight excluding hydrogens is 388 g/mol. The number of aromatic nitrogens is 1. The molecule has 0 saturated carbocycles. The highest BCUT2D eigenvalue weighted by molar-refractivity contribution is 6.33. The zero-order valence-electron chi connectivity index (χ0n) is 16.6. The van der Waals surface area contributed by atoms with Crippen molar-refractivity contribution in [2.75, 3.05) is 24.5 Å². The quantitative estimate of drug-likeness (QED) is 0.837. The third-order valence-electron chi connectivity index (χ3n) is 5.57. The minimum absolute atomic E-state index is 0.0159. The topological polar surface area (TPSA) is 65.5 Å². The molecule has 0 unspecified atom stereocenters. The van der Waals surface area contributed by atoms with Gasteiger partial charge in [-0.25, -0.2) is 0 Å². The lowest BCUT2D eigenvalue weighted by atomic mass is 10.0. The summed E-state index contributed by atoms with van der Waals surface area (Å²) in [6.07, 6.45) is 4.88. The van der Waals surface area contributed by atoms with Gasteiger partial charge in [0.05, 0.1) is 10.7 Å². The fourth-order valence-electron chi connectivity index (χ4n) is 4.01. The van der Waals surface area contributed by atoms with E-state index in [0.29, 0.717) is 30.2 Å². The van der Waals surface area contributed by atoms with E-state index in [2.05, 4.69) is 15.2 Å².